The highest BCUT2D eigenvalue weighted by Gasteiger charge is 2.04. The SMILES string of the molecule is CCS(=O)(=O)NCCNCc1cnc(C)s1. The average molecular weight is 263 g/mol. The van der Waals surface area contributed by atoms with Gasteiger partial charge in [-0.2, -0.15) is 0 Å². The molecule has 1 heterocycles. The standard InChI is InChI=1S/C9H17N3O2S2/c1-3-16(13,14)12-5-4-10-6-9-7-11-8(2)15-9/h7,10,12H,3-6H2,1-2H3. The molecule has 0 aliphatic carbocycles. The van der Waals surface area contributed by atoms with E-state index in [1.54, 1.807) is 18.3 Å². The lowest BCUT2D eigenvalue weighted by atomic mass is 10.5. The second kappa shape index (κ2) is 6.29. The van der Waals surface area contributed by atoms with Gasteiger partial charge in [-0.1, -0.05) is 0 Å². The lowest BCUT2D eigenvalue weighted by Crippen LogP contribution is -2.32. The first-order valence-electron chi connectivity index (χ1n) is 5.13. The van der Waals surface area contributed by atoms with Crippen LogP contribution in [0.4, 0.5) is 0 Å². The summed E-state index contributed by atoms with van der Waals surface area (Å²) in [7, 11) is -3.06. The van der Waals surface area contributed by atoms with Gasteiger partial charge in [0, 0.05) is 30.7 Å². The molecule has 0 unspecified atom stereocenters. The van der Waals surface area contributed by atoms with Gasteiger partial charge in [-0.15, -0.1) is 11.3 Å². The Kier molecular flexibility index (Phi) is 5.33. The van der Waals surface area contributed by atoms with Crippen molar-refractivity contribution >= 4 is 21.4 Å². The molecule has 1 aromatic heterocycles. The van der Waals surface area contributed by atoms with E-state index in [1.165, 1.54) is 0 Å². The smallest absolute Gasteiger partial charge is 0.211 e. The van der Waals surface area contributed by atoms with Gasteiger partial charge >= 0.3 is 0 Å². The Labute approximate surface area is 100 Å². The summed E-state index contributed by atoms with van der Waals surface area (Å²) < 4.78 is 24.7. The van der Waals surface area contributed by atoms with Gasteiger partial charge in [0.15, 0.2) is 0 Å². The normalized spacial score (nSPS) is 11.9. The fourth-order valence-corrected chi connectivity index (χ4v) is 2.48. The number of aromatic nitrogens is 1. The van der Waals surface area contributed by atoms with Crippen LogP contribution in [0.5, 0.6) is 0 Å². The van der Waals surface area contributed by atoms with Crippen molar-refractivity contribution in [1.29, 1.82) is 0 Å². The number of nitrogens with one attached hydrogen (secondary N) is 2. The van der Waals surface area contributed by atoms with E-state index in [0.717, 1.165) is 16.4 Å². The van der Waals surface area contributed by atoms with E-state index in [1.807, 2.05) is 13.1 Å². The molecule has 0 atom stereocenters. The van der Waals surface area contributed by atoms with Gasteiger partial charge in [0.2, 0.25) is 10.0 Å². The van der Waals surface area contributed by atoms with Crippen molar-refractivity contribution in [2.24, 2.45) is 0 Å². The molecular formula is C9H17N3O2S2. The Morgan fingerprint density at radius 2 is 2.19 bits per heavy atom. The first-order chi connectivity index (χ1) is 7.53. The van der Waals surface area contributed by atoms with Crippen LogP contribution >= 0.6 is 11.3 Å². The second-order valence-electron chi connectivity index (χ2n) is 3.32. The molecule has 92 valence electrons. The predicted octanol–water partition coefficient (Wildman–Crippen LogP) is 0.480. The maximum atomic E-state index is 11.1. The van der Waals surface area contributed by atoms with Crippen LogP contribution in [-0.2, 0) is 16.6 Å². The molecule has 1 rings (SSSR count). The van der Waals surface area contributed by atoms with Crippen molar-refractivity contribution in [3.63, 3.8) is 0 Å². The zero-order valence-corrected chi connectivity index (χ0v) is 11.1. The Morgan fingerprint density at radius 3 is 2.75 bits per heavy atom. The lowest BCUT2D eigenvalue weighted by Gasteiger charge is -2.04. The monoisotopic (exact) mass is 263 g/mol. The van der Waals surface area contributed by atoms with E-state index in [-0.39, 0.29) is 5.75 Å². The minimum atomic E-state index is -3.06. The number of hydrogen-bond acceptors (Lipinski definition) is 5. The van der Waals surface area contributed by atoms with Gasteiger partial charge in [0.25, 0.3) is 0 Å². The highest BCUT2D eigenvalue weighted by atomic mass is 32.2. The highest BCUT2D eigenvalue weighted by Crippen LogP contribution is 2.10. The maximum absolute atomic E-state index is 11.1. The van der Waals surface area contributed by atoms with Crippen LogP contribution in [-0.4, -0.2) is 32.2 Å². The summed E-state index contributed by atoms with van der Waals surface area (Å²) in [5, 5.41) is 4.20. The summed E-state index contributed by atoms with van der Waals surface area (Å²) in [5.74, 6) is 0.126. The van der Waals surface area contributed by atoms with E-state index < -0.39 is 10.0 Å². The summed E-state index contributed by atoms with van der Waals surface area (Å²) in [6, 6.07) is 0. The fraction of sp³-hybridized carbons (Fsp3) is 0.667. The van der Waals surface area contributed by atoms with E-state index in [2.05, 4.69) is 15.0 Å². The van der Waals surface area contributed by atoms with Crippen molar-refractivity contribution in [2.75, 3.05) is 18.8 Å². The molecule has 0 saturated carbocycles. The summed E-state index contributed by atoms with van der Waals surface area (Å²) >= 11 is 1.64. The molecule has 0 fully saturated rings. The number of nitrogens with zero attached hydrogens (tertiary/aromatic N) is 1. The number of rotatable bonds is 7. The summed E-state index contributed by atoms with van der Waals surface area (Å²) in [4.78, 5) is 5.30. The quantitative estimate of drug-likeness (QED) is 0.702. The Morgan fingerprint density at radius 1 is 1.44 bits per heavy atom. The predicted molar refractivity (Wildman–Crippen MR) is 66.0 cm³/mol. The molecule has 0 aromatic carbocycles. The number of thiazole rings is 1. The first kappa shape index (κ1) is 13.6. The van der Waals surface area contributed by atoms with Crippen LogP contribution < -0.4 is 10.0 Å². The number of sulfonamides is 1. The third-order valence-electron chi connectivity index (χ3n) is 1.97. The van der Waals surface area contributed by atoms with Gasteiger partial charge in [-0.05, 0) is 13.8 Å². The van der Waals surface area contributed by atoms with E-state index in [9.17, 15) is 8.42 Å². The van der Waals surface area contributed by atoms with Crippen LogP contribution in [0.25, 0.3) is 0 Å². The zero-order valence-electron chi connectivity index (χ0n) is 9.49. The van der Waals surface area contributed by atoms with Gasteiger partial charge in [0.05, 0.1) is 10.8 Å². The minimum absolute atomic E-state index is 0.126. The average Bonchev–Trinajstić information content (AvgIpc) is 2.64. The Hall–Kier alpha value is -0.500. The topological polar surface area (TPSA) is 71.1 Å². The molecule has 0 saturated heterocycles. The van der Waals surface area contributed by atoms with Crippen LogP contribution in [0.1, 0.15) is 16.8 Å². The van der Waals surface area contributed by atoms with Crippen LogP contribution in [0.2, 0.25) is 0 Å². The summed E-state index contributed by atoms with van der Waals surface area (Å²) in [6.45, 7) is 5.36. The molecule has 0 aliphatic heterocycles. The summed E-state index contributed by atoms with van der Waals surface area (Å²) in [6.07, 6.45) is 1.84. The Balaban J connectivity index is 2.13. The molecule has 0 radical (unpaired) electrons. The van der Waals surface area contributed by atoms with Crippen LogP contribution in [0.3, 0.4) is 0 Å². The molecule has 16 heavy (non-hydrogen) atoms. The van der Waals surface area contributed by atoms with Gasteiger partial charge in [-0.25, -0.2) is 18.1 Å². The first-order valence-corrected chi connectivity index (χ1v) is 7.59. The largest absolute Gasteiger partial charge is 0.310 e. The van der Waals surface area contributed by atoms with E-state index in [0.29, 0.717) is 13.1 Å². The third kappa shape index (κ3) is 5.02. The van der Waals surface area contributed by atoms with Gasteiger partial charge in [0.1, 0.15) is 0 Å². The molecular weight excluding hydrogens is 246 g/mol. The molecule has 5 nitrogen and oxygen atoms in total. The van der Waals surface area contributed by atoms with Crippen molar-refractivity contribution in [3.8, 4) is 0 Å². The van der Waals surface area contributed by atoms with Crippen molar-refractivity contribution in [3.05, 3.63) is 16.1 Å². The molecule has 0 aliphatic rings. The summed E-state index contributed by atoms with van der Waals surface area (Å²) in [5.41, 5.74) is 0. The van der Waals surface area contributed by atoms with E-state index >= 15 is 0 Å². The zero-order chi connectivity index (χ0) is 12.0. The number of aryl methyl sites for hydroxylation is 1. The van der Waals surface area contributed by atoms with Crippen LogP contribution in [0, 0.1) is 6.92 Å². The number of hydrogen-bond donors (Lipinski definition) is 2. The van der Waals surface area contributed by atoms with Crippen LogP contribution in [0.15, 0.2) is 6.20 Å². The van der Waals surface area contributed by atoms with Crippen molar-refractivity contribution in [2.45, 2.75) is 20.4 Å². The molecule has 7 heteroatoms. The van der Waals surface area contributed by atoms with Gasteiger partial charge in [-0.3, -0.25) is 0 Å². The Bertz CT molecular complexity index is 414. The molecule has 0 spiro atoms. The molecule has 0 bridgehead atoms. The third-order valence-corrected chi connectivity index (χ3v) is 4.29. The molecule has 1 aromatic rings. The maximum Gasteiger partial charge on any atom is 0.211 e. The van der Waals surface area contributed by atoms with E-state index in [4.69, 9.17) is 0 Å². The van der Waals surface area contributed by atoms with Crippen molar-refractivity contribution < 1.29 is 8.42 Å². The minimum Gasteiger partial charge on any atom is -0.310 e. The fourth-order valence-electron chi connectivity index (χ4n) is 1.10. The lowest BCUT2D eigenvalue weighted by molar-refractivity contribution is 0.577. The molecule has 2 N–H and O–H groups in total. The highest BCUT2D eigenvalue weighted by molar-refractivity contribution is 7.89. The van der Waals surface area contributed by atoms with Gasteiger partial charge < -0.3 is 5.32 Å². The van der Waals surface area contributed by atoms with Crippen molar-refractivity contribution in [1.82, 2.24) is 15.0 Å². The second-order valence-corrected chi connectivity index (χ2v) is 6.73. The molecule has 0 amide bonds.